The zero-order chi connectivity index (χ0) is 16.0. The Hall–Kier alpha value is -2.57. The van der Waals surface area contributed by atoms with Crippen molar-refractivity contribution in [1.29, 1.82) is 0 Å². The molecule has 0 radical (unpaired) electrons. The molecule has 0 fully saturated rings. The van der Waals surface area contributed by atoms with Gasteiger partial charge in [-0.1, -0.05) is 29.4 Å². The van der Waals surface area contributed by atoms with Gasteiger partial charge in [-0.3, -0.25) is 0 Å². The molecule has 116 valence electrons. The van der Waals surface area contributed by atoms with E-state index in [1.807, 2.05) is 0 Å². The summed E-state index contributed by atoms with van der Waals surface area (Å²) in [6.45, 7) is 0.0873. The van der Waals surface area contributed by atoms with Crippen LogP contribution in [0.1, 0.15) is 11.1 Å². The summed E-state index contributed by atoms with van der Waals surface area (Å²) in [5.41, 5.74) is 1.29. The van der Waals surface area contributed by atoms with E-state index < -0.39 is 6.36 Å². The summed E-state index contributed by atoms with van der Waals surface area (Å²) in [5.74, 6) is -0.648. The minimum atomic E-state index is -4.71. The van der Waals surface area contributed by atoms with E-state index in [9.17, 15) is 17.6 Å². The smallest absolute Gasteiger partial charge is 0.406 e. The Morgan fingerprint density at radius 3 is 2.18 bits per heavy atom. The number of oxime groups is 1. The Balaban J connectivity index is 1.83. The molecule has 3 nitrogen and oxygen atoms in total. The van der Waals surface area contributed by atoms with E-state index in [4.69, 9.17) is 4.84 Å². The van der Waals surface area contributed by atoms with Gasteiger partial charge in [0, 0.05) is 0 Å². The normalized spacial score (nSPS) is 11.6. The molecule has 0 amide bonds. The van der Waals surface area contributed by atoms with Crippen molar-refractivity contribution in [2.75, 3.05) is 0 Å². The molecule has 0 aliphatic rings. The van der Waals surface area contributed by atoms with Gasteiger partial charge in [-0.2, -0.15) is 0 Å². The fraction of sp³-hybridized carbons (Fsp3) is 0.133. The summed E-state index contributed by atoms with van der Waals surface area (Å²) in [5, 5.41) is 3.69. The average Bonchev–Trinajstić information content (AvgIpc) is 2.45. The summed E-state index contributed by atoms with van der Waals surface area (Å²) in [6.07, 6.45) is -3.31. The molecule has 0 saturated heterocycles. The first-order valence-corrected chi connectivity index (χ1v) is 6.18. The van der Waals surface area contributed by atoms with Gasteiger partial charge < -0.3 is 9.57 Å². The molecule has 0 unspecified atom stereocenters. The minimum absolute atomic E-state index is 0.0873. The first kappa shape index (κ1) is 15.8. The van der Waals surface area contributed by atoms with Gasteiger partial charge in [-0.15, -0.1) is 13.2 Å². The number of rotatable bonds is 5. The van der Waals surface area contributed by atoms with E-state index >= 15 is 0 Å². The van der Waals surface area contributed by atoms with Crippen LogP contribution >= 0.6 is 0 Å². The quantitative estimate of drug-likeness (QED) is 0.469. The predicted molar refractivity (Wildman–Crippen MR) is 71.9 cm³/mol. The maximum atomic E-state index is 12.7. The third-order valence-electron chi connectivity index (χ3n) is 2.53. The molecule has 0 heterocycles. The number of hydrogen-bond acceptors (Lipinski definition) is 3. The molecule has 0 bridgehead atoms. The van der Waals surface area contributed by atoms with Crippen LogP contribution < -0.4 is 4.74 Å². The first-order chi connectivity index (χ1) is 10.4. The maximum Gasteiger partial charge on any atom is 0.573 e. The Morgan fingerprint density at radius 1 is 0.955 bits per heavy atom. The molecule has 7 heteroatoms. The predicted octanol–water partition coefficient (Wildman–Crippen LogP) is 4.28. The summed E-state index contributed by atoms with van der Waals surface area (Å²) in [4.78, 5) is 5.01. The fourth-order valence-corrected chi connectivity index (χ4v) is 1.55. The molecule has 0 N–H and O–H groups in total. The molecule has 0 aliphatic carbocycles. The van der Waals surface area contributed by atoms with Gasteiger partial charge in [0.1, 0.15) is 18.2 Å². The molecule has 0 aliphatic heterocycles. The standard InChI is InChI=1S/C15H11F4NO2/c16-13-5-1-11(2-6-13)9-20-21-10-12-3-7-14(8-4-12)22-15(17,18)19/h1-9H,10H2. The highest BCUT2D eigenvalue weighted by molar-refractivity contribution is 5.78. The fourth-order valence-electron chi connectivity index (χ4n) is 1.55. The number of benzene rings is 2. The van der Waals surface area contributed by atoms with Crippen molar-refractivity contribution in [3.63, 3.8) is 0 Å². The lowest BCUT2D eigenvalue weighted by atomic mass is 10.2. The maximum absolute atomic E-state index is 12.7. The minimum Gasteiger partial charge on any atom is -0.406 e. The van der Waals surface area contributed by atoms with Crippen LogP contribution in [0.3, 0.4) is 0 Å². The van der Waals surface area contributed by atoms with Gasteiger partial charge in [0.15, 0.2) is 0 Å². The number of nitrogens with zero attached hydrogens (tertiary/aromatic N) is 1. The van der Waals surface area contributed by atoms with E-state index in [0.717, 1.165) is 0 Å². The number of ether oxygens (including phenoxy) is 1. The second-order valence-electron chi connectivity index (χ2n) is 4.25. The van der Waals surface area contributed by atoms with Crippen LogP contribution in [-0.2, 0) is 11.4 Å². The molecular weight excluding hydrogens is 302 g/mol. The van der Waals surface area contributed by atoms with Crippen molar-refractivity contribution in [3.8, 4) is 5.75 Å². The van der Waals surface area contributed by atoms with Crippen molar-refractivity contribution in [3.05, 3.63) is 65.5 Å². The summed E-state index contributed by atoms with van der Waals surface area (Å²) >= 11 is 0. The molecule has 0 atom stereocenters. The Kier molecular flexibility index (Phi) is 4.98. The van der Waals surface area contributed by atoms with Crippen LogP contribution in [0.2, 0.25) is 0 Å². The van der Waals surface area contributed by atoms with Crippen LogP contribution in [0.5, 0.6) is 5.75 Å². The van der Waals surface area contributed by atoms with Crippen LogP contribution in [-0.4, -0.2) is 12.6 Å². The van der Waals surface area contributed by atoms with Crippen LogP contribution in [0, 0.1) is 5.82 Å². The SMILES string of the molecule is Fc1ccc(C=NOCc2ccc(OC(F)(F)F)cc2)cc1. The zero-order valence-corrected chi connectivity index (χ0v) is 11.2. The Morgan fingerprint density at radius 2 is 1.59 bits per heavy atom. The van der Waals surface area contributed by atoms with Crippen LogP contribution in [0.4, 0.5) is 17.6 Å². The van der Waals surface area contributed by atoms with E-state index in [0.29, 0.717) is 11.1 Å². The lowest BCUT2D eigenvalue weighted by molar-refractivity contribution is -0.274. The van der Waals surface area contributed by atoms with Crippen LogP contribution in [0.15, 0.2) is 53.7 Å². The van der Waals surface area contributed by atoms with Crippen molar-refractivity contribution in [2.45, 2.75) is 13.0 Å². The van der Waals surface area contributed by atoms with E-state index in [-0.39, 0.29) is 18.2 Å². The monoisotopic (exact) mass is 313 g/mol. The highest BCUT2D eigenvalue weighted by Crippen LogP contribution is 2.22. The lowest BCUT2D eigenvalue weighted by Crippen LogP contribution is -2.17. The van der Waals surface area contributed by atoms with E-state index in [1.54, 1.807) is 0 Å². The van der Waals surface area contributed by atoms with E-state index in [2.05, 4.69) is 9.89 Å². The third-order valence-corrected chi connectivity index (χ3v) is 2.53. The number of alkyl halides is 3. The van der Waals surface area contributed by atoms with Gasteiger partial charge in [-0.25, -0.2) is 4.39 Å². The van der Waals surface area contributed by atoms with Crippen LogP contribution in [0.25, 0.3) is 0 Å². The second-order valence-corrected chi connectivity index (χ2v) is 4.25. The number of halogens is 4. The van der Waals surface area contributed by atoms with Gasteiger partial charge in [0.25, 0.3) is 0 Å². The Bertz CT molecular complexity index is 621. The zero-order valence-electron chi connectivity index (χ0n) is 11.2. The highest BCUT2D eigenvalue weighted by Gasteiger charge is 2.30. The second kappa shape index (κ2) is 6.93. The highest BCUT2D eigenvalue weighted by atomic mass is 19.4. The van der Waals surface area contributed by atoms with Gasteiger partial charge >= 0.3 is 6.36 Å². The topological polar surface area (TPSA) is 30.8 Å². The van der Waals surface area contributed by atoms with Crippen molar-refractivity contribution < 1.29 is 27.1 Å². The molecule has 2 aromatic carbocycles. The summed E-state index contributed by atoms with van der Waals surface area (Å²) < 4.78 is 52.4. The van der Waals surface area contributed by atoms with Crippen molar-refractivity contribution in [2.24, 2.45) is 5.16 Å². The van der Waals surface area contributed by atoms with Crippen molar-refractivity contribution in [1.82, 2.24) is 0 Å². The van der Waals surface area contributed by atoms with Gasteiger partial charge in [0.05, 0.1) is 6.21 Å². The molecular formula is C15H11F4NO2. The van der Waals surface area contributed by atoms with E-state index in [1.165, 1.54) is 54.7 Å². The third kappa shape index (κ3) is 5.43. The summed E-state index contributed by atoms with van der Waals surface area (Å²) in [7, 11) is 0. The molecule has 22 heavy (non-hydrogen) atoms. The van der Waals surface area contributed by atoms with Gasteiger partial charge in [0.2, 0.25) is 0 Å². The molecule has 0 aromatic heterocycles. The molecule has 2 aromatic rings. The first-order valence-electron chi connectivity index (χ1n) is 6.18. The number of hydrogen-bond donors (Lipinski definition) is 0. The molecule has 0 spiro atoms. The van der Waals surface area contributed by atoms with Gasteiger partial charge in [-0.05, 0) is 35.4 Å². The Labute approximate surface area is 123 Å². The molecule has 0 saturated carbocycles. The largest absolute Gasteiger partial charge is 0.573 e. The summed E-state index contributed by atoms with van der Waals surface area (Å²) in [6, 6.07) is 10.9. The average molecular weight is 313 g/mol. The van der Waals surface area contributed by atoms with Crippen molar-refractivity contribution >= 4 is 6.21 Å². The lowest BCUT2D eigenvalue weighted by Gasteiger charge is -2.08. The molecule has 2 rings (SSSR count).